The minimum absolute atomic E-state index is 0.126. The lowest BCUT2D eigenvalue weighted by molar-refractivity contribution is -0.153. The number of piperidine rings is 1. The molecule has 0 saturated carbocycles. The molecule has 3 aliphatic heterocycles. The summed E-state index contributed by atoms with van der Waals surface area (Å²) >= 11 is 6.09. The topological polar surface area (TPSA) is 99.3 Å². The highest BCUT2D eigenvalue weighted by Crippen LogP contribution is 2.37. The fourth-order valence-electron chi connectivity index (χ4n) is 5.75. The average Bonchev–Trinajstić information content (AvgIpc) is 3.31. The number of likely N-dealkylation sites (N-methyl/N-ethyl adjacent to an activating group) is 1. The molecule has 0 aromatic heterocycles. The van der Waals surface area contributed by atoms with Gasteiger partial charge in [-0.1, -0.05) is 54.1 Å². The molecule has 10 heteroatoms. The van der Waals surface area contributed by atoms with Gasteiger partial charge in [0.2, 0.25) is 5.91 Å². The van der Waals surface area contributed by atoms with Gasteiger partial charge in [0.05, 0.1) is 36.4 Å². The molecule has 0 spiro atoms. The van der Waals surface area contributed by atoms with Crippen molar-refractivity contribution in [2.75, 3.05) is 33.3 Å². The lowest BCUT2D eigenvalue weighted by Crippen LogP contribution is -2.54. The number of nitrogens with one attached hydrogen (secondary N) is 1. The summed E-state index contributed by atoms with van der Waals surface area (Å²) in [6.07, 6.45) is 1.64. The largest absolute Gasteiger partial charge is 0.466 e. The number of likely N-dealkylation sites (tertiary alicyclic amines) is 1. The number of nitrogens with zero attached hydrogens (tertiary/aromatic N) is 3. The molecule has 4 amide bonds. The molecule has 0 aliphatic carbocycles. The summed E-state index contributed by atoms with van der Waals surface area (Å²) < 4.78 is 5.23. The SMILES string of the molecule is CCOC(=O)C1CCCN(C(=O)C(Cc2ccccc2)N2CC3=C(C2=O)C(c2ccc(Cl)cc2)NC(=O)N3C)C1. The minimum atomic E-state index is -0.809. The minimum Gasteiger partial charge on any atom is -0.466 e. The fourth-order valence-corrected chi connectivity index (χ4v) is 5.88. The average molecular weight is 565 g/mol. The highest BCUT2D eigenvalue weighted by molar-refractivity contribution is 6.30. The van der Waals surface area contributed by atoms with Crippen molar-refractivity contribution < 1.29 is 23.9 Å². The molecule has 3 unspecified atom stereocenters. The Morgan fingerprint density at radius 3 is 2.52 bits per heavy atom. The molecule has 2 aromatic carbocycles. The van der Waals surface area contributed by atoms with Crippen LogP contribution >= 0.6 is 11.6 Å². The third kappa shape index (κ3) is 5.43. The lowest BCUT2D eigenvalue weighted by Gasteiger charge is -2.37. The highest BCUT2D eigenvalue weighted by Gasteiger charge is 2.47. The maximum absolute atomic E-state index is 14.2. The van der Waals surface area contributed by atoms with Crippen LogP contribution in [0.15, 0.2) is 65.9 Å². The molecule has 40 heavy (non-hydrogen) atoms. The van der Waals surface area contributed by atoms with Crippen LogP contribution < -0.4 is 5.32 Å². The first-order valence-electron chi connectivity index (χ1n) is 13.6. The van der Waals surface area contributed by atoms with Gasteiger partial charge < -0.3 is 19.9 Å². The summed E-state index contributed by atoms with van der Waals surface area (Å²) in [5.74, 6) is -1.20. The molecule has 3 aliphatic rings. The standard InChI is InChI=1S/C30H33ClN4O5/c1-3-40-29(38)21-10-7-15-34(17-21)27(36)23(16-19-8-5-4-6-9-19)35-18-24-25(28(35)37)26(32-30(39)33(24)2)20-11-13-22(31)14-12-20/h4-6,8-9,11-14,21,23,26H,3,7,10,15-18H2,1-2H3,(H,32,39). The van der Waals surface area contributed by atoms with Crippen molar-refractivity contribution in [1.29, 1.82) is 0 Å². The monoisotopic (exact) mass is 564 g/mol. The van der Waals surface area contributed by atoms with Crippen molar-refractivity contribution in [3.05, 3.63) is 82.0 Å². The number of benzene rings is 2. The Morgan fingerprint density at radius 2 is 1.82 bits per heavy atom. The van der Waals surface area contributed by atoms with Crippen LogP contribution in [-0.2, 0) is 25.5 Å². The normalized spacial score (nSPS) is 21.7. The van der Waals surface area contributed by atoms with E-state index in [9.17, 15) is 19.2 Å². The van der Waals surface area contributed by atoms with Gasteiger partial charge in [-0.15, -0.1) is 0 Å². The van der Waals surface area contributed by atoms with Gasteiger partial charge in [-0.2, -0.15) is 0 Å². The van der Waals surface area contributed by atoms with Gasteiger partial charge in [-0.05, 0) is 43.0 Å². The third-order valence-electron chi connectivity index (χ3n) is 7.88. The van der Waals surface area contributed by atoms with Crippen LogP contribution in [0.5, 0.6) is 0 Å². The Labute approximate surface area is 238 Å². The molecule has 5 rings (SSSR count). The number of carbonyl (C=O) groups is 4. The van der Waals surface area contributed by atoms with E-state index in [1.54, 1.807) is 48.0 Å². The number of ether oxygens (including phenoxy) is 1. The number of urea groups is 1. The van der Waals surface area contributed by atoms with Crippen molar-refractivity contribution in [2.24, 2.45) is 5.92 Å². The summed E-state index contributed by atoms with van der Waals surface area (Å²) in [4.78, 5) is 58.4. The van der Waals surface area contributed by atoms with Gasteiger partial charge in [0.1, 0.15) is 6.04 Å². The van der Waals surface area contributed by atoms with Crippen LogP contribution in [0.1, 0.15) is 36.9 Å². The van der Waals surface area contributed by atoms with Gasteiger partial charge in [0, 0.05) is 31.6 Å². The van der Waals surface area contributed by atoms with Gasteiger partial charge in [-0.3, -0.25) is 19.3 Å². The number of esters is 1. The van der Waals surface area contributed by atoms with E-state index >= 15 is 0 Å². The molecule has 2 aromatic rings. The third-order valence-corrected chi connectivity index (χ3v) is 8.13. The highest BCUT2D eigenvalue weighted by atomic mass is 35.5. The van der Waals surface area contributed by atoms with Gasteiger partial charge in [-0.25, -0.2) is 4.79 Å². The van der Waals surface area contributed by atoms with Crippen LogP contribution in [0.4, 0.5) is 4.79 Å². The number of amides is 4. The summed E-state index contributed by atoms with van der Waals surface area (Å²) in [5, 5.41) is 3.48. The van der Waals surface area contributed by atoms with Crippen LogP contribution in [0, 0.1) is 5.92 Å². The first-order chi connectivity index (χ1) is 19.3. The molecule has 3 heterocycles. The molecule has 1 fully saturated rings. The fraction of sp³-hybridized carbons (Fsp3) is 0.400. The maximum atomic E-state index is 14.2. The van der Waals surface area contributed by atoms with E-state index in [-0.39, 0.29) is 43.5 Å². The number of halogens is 1. The molecular weight excluding hydrogens is 532 g/mol. The Kier molecular flexibility index (Phi) is 8.12. The first kappa shape index (κ1) is 27.7. The van der Waals surface area contributed by atoms with E-state index in [1.807, 2.05) is 30.3 Å². The van der Waals surface area contributed by atoms with E-state index in [0.29, 0.717) is 42.1 Å². The second kappa shape index (κ2) is 11.7. The maximum Gasteiger partial charge on any atom is 0.322 e. The first-order valence-corrected chi connectivity index (χ1v) is 14.0. The van der Waals surface area contributed by atoms with E-state index in [2.05, 4.69) is 5.32 Å². The summed E-state index contributed by atoms with van der Waals surface area (Å²) in [6, 6.07) is 14.8. The number of carbonyl (C=O) groups excluding carboxylic acids is 4. The Bertz CT molecular complexity index is 1330. The lowest BCUT2D eigenvalue weighted by atomic mass is 9.95. The van der Waals surface area contributed by atoms with Crippen LogP contribution in [0.2, 0.25) is 5.02 Å². The smallest absolute Gasteiger partial charge is 0.322 e. The quantitative estimate of drug-likeness (QED) is 0.519. The van der Waals surface area contributed by atoms with Crippen molar-refractivity contribution in [2.45, 2.75) is 38.3 Å². The van der Waals surface area contributed by atoms with E-state index in [0.717, 1.165) is 11.1 Å². The zero-order chi connectivity index (χ0) is 28.4. The van der Waals surface area contributed by atoms with Crippen molar-refractivity contribution in [3.8, 4) is 0 Å². The molecule has 0 bridgehead atoms. The molecule has 0 radical (unpaired) electrons. The van der Waals surface area contributed by atoms with Gasteiger partial charge >= 0.3 is 12.0 Å². The second-order valence-corrected chi connectivity index (χ2v) is 10.8. The Balaban J connectivity index is 1.46. The zero-order valence-corrected chi connectivity index (χ0v) is 23.4. The predicted molar refractivity (Wildman–Crippen MR) is 149 cm³/mol. The number of hydrogen-bond donors (Lipinski definition) is 1. The Hall–Kier alpha value is -3.85. The molecule has 1 N–H and O–H groups in total. The second-order valence-electron chi connectivity index (χ2n) is 10.4. The van der Waals surface area contributed by atoms with Gasteiger partial charge in [0.15, 0.2) is 0 Å². The van der Waals surface area contributed by atoms with E-state index in [1.165, 1.54) is 4.90 Å². The van der Waals surface area contributed by atoms with Crippen molar-refractivity contribution in [3.63, 3.8) is 0 Å². The Morgan fingerprint density at radius 1 is 1.10 bits per heavy atom. The summed E-state index contributed by atoms with van der Waals surface area (Å²) in [7, 11) is 1.63. The zero-order valence-electron chi connectivity index (χ0n) is 22.6. The van der Waals surface area contributed by atoms with Gasteiger partial charge in [0.25, 0.3) is 5.91 Å². The van der Waals surface area contributed by atoms with Crippen LogP contribution in [-0.4, -0.2) is 77.8 Å². The van der Waals surface area contributed by atoms with Crippen LogP contribution in [0.25, 0.3) is 0 Å². The van der Waals surface area contributed by atoms with Crippen LogP contribution in [0.3, 0.4) is 0 Å². The molecule has 3 atom stereocenters. The molecule has 1 saturated heterocycles. The number of hydrogen-bond acceptors (Lipinski definition) is 5. The molecule has 9 nitrogen and oxygen atoms in total. The summed E-state index contributed by atoms with van der Waals surface area (Å²) in [6.45, 7) is 2.93. The van der Waals surface area contributed by atoms with Crippen molar-refractivity contribution >= 4 is 35.4 Å². The molecular formula is C30H33ClN4O5. The van der Waals surface area contributed by atoms with E-state index < -0.39 is 18.0 Å². The molecule has 210 valence electrons. The predicted octanol–water partition coefficient (Wildman–Crippen LogP) is 3.55. The van der Waals surface area contributed by atoms with Crippen molar-refractivity contribution in [1.82, 2.24) is 20.0 Å². The summed E-state index contributed by atoms with van der Waals surface area (Å²) in [5.41, 5.74) is 2.66. The number of rotatable bonds is 7. The van der Waals surface area contributed by atoms with E-state index in [4.69, 9.17) is 16.3 Å².